The molecule has 0 aliphatic heterocycles. The van der Waals surface area contributed by atoms with Crippen molar-refractivity contribution in [3.05, 3.63) is 91.1 Å². The molecule has 0 aliphatic rings. The zero-order chi connectivity index (χ0) is 16.7. The Labute approximate surface area is 136 Å². The molecule has 0 N–H and O–H groups in total. The van der Waals surface area contributed by atoms with E-state index in [0.29, 0.717) is 22.6 Å². The third kappa shape index (κ3) is 4.20. The topological polar surface area (TPSA) is 35.5 Å². The molecule has 2 rings (SSSR count). The first-order valence-corrected chi connectivity index (χ1v) is 7.09. The Morgan fingerprint density at radius 3 is 1.91 bits per heavy atom. The number of allylic oxidation sites excluding steroid dienone is 4. The normalized spacial score (nSPS) is 10.7. The monoisotopic (exact) mass is 306 g/mol. The maximum absolute atomic E-state index is 12.3. The third-order valence-electron chi connectivity index (χ3n) is 3.19. The maximum atomic E-state index is 12.3. The molecule has 0 atom stereocenters. The number of methoxy groups -OCH3 is 1. The molecule has 0 amide bonds. The number of carbonyl (C=O) groups excluding carboxylic acids is 1. The van der Waals surface area contributed by atoms with Gasteiger partial charge in [0.15, 0.2) is 5.78 Å². The highest BCUT2D eigenvalue weighted by atomic mass is 16.5. The first-order valence-electron chi connectivity index (χ1n) is 7.09. The van der Waals surface area contributed by atoms with Crippen LogP contribution < -0.4 is 9.47 Å². The molecule has 3 nitrogen and oxygen atoms in total. The van der Waals surface area contributed by atoms with Crippen LogP contribution >= 0.6 is 0 Å². The summed E-state index contributed by atoms with van der Waals surface area (Å²) in [5, 5.41) is 0. The molecule has 23 heavy (non-hydrogen) atoms. The van der Waals surface area contributed by atoms with Crippen LogP contribution in [0.25, 0.3) is 0 Å². The summed E-state index contributed by atoms with van der Waals surface area (Å²) in [6, 6.07) is 14.2. The fraction of sp³-hybridized carbons (Fsp3) is 0.0500. The molecule has 2 aromatic rings. The fourth-order valence-corrected chi connectivity index (χ4v) is 1.98. The lowest BCUT2D eigenvalue weighted by Gasteiger charge is -2.07. The molecule has 0 fully saturated rings. The van der Waals surface area contributed by atoms with E-state index in [1.165, 1.54) is 6.08 Å². The van der Waals surface area contributed by atoms with Gasteiger partial charge in [0.2, 0.25) is 0 Å². The molecule has 2 aromatic carbocycles. The van der Waals surface area contributed by atoms with E-state index in [1.54, 1.807) is 43.5 Å². The molecule has 0 aliphatic carbocycles. The summed E-state index contributed by atoms with van der Waals surface area (Å²) in [6.45, 7) is 7.23. The summed E-state index contributed by atoms with van der Waals surface area (Å²) in [7, 11) is 1.61. The smallest absolute Gasteiger partial charge is 0.193 e. The van der Waals surface area contributed by atoms with Crippen molar-refractivity contribution in [3.63, 3.8) is 0 Å². The Morgan fingerprint density at radius 2 is 1.43 bits per heavy atom. The molecule has 0 spiro atoms. The van der Waals surface area contributed by atoms with Crippen molar-refractivity contribution < 1.29 is 14.3 Å². The molecule has 0 radical (unpaired) electrons. The quantitative estimate of drug-likeness (QED) is 0.411. The minimum Gasteiger partial charge on any atom is -0.497 e. The molecular weight excluding hydrogens is 288 g/mol. The van der Waals surface area contributed by atoms with Crippen LogP contribution in [0, 0.1) is 0 Å². The zero-order valence-corrected chi connectivity index (χ0v) is 13.0. The van der Waals surface area contributed by atoms with Crippen molar-refractivity contribution in [1.29, 1.82) is 0 Å². The second-order valence-corrected chi connectivity index (χ2v) is 4.69. The number of carbonyl (C=O) groups is 1. The summed E-state index contributed by atoms with van der Waals surface area (Å²) in [6.07, 6.45) is 4.72. The summed E-state index contributed by atoms with van der Waals surface area (Å²) in [5.41, 5.74) is 1.07. The molecule has 116 valence electrons. The van der Waals surface area contributed by atoms with Crippen LogP contribution in [0.1, 0.15) is 10.4 Å². The lowest BCUT2D eigenvalue weighted by molar-refractivity contribution is 0.103. The van der Waals surface area contributed by atoms with Crippen molar-refractivity contribution >= 4 is 5.78 Å². The van der Waals surface area contributed by atoms with Gasteiger partial charge in [-0.3, -0.25) is 4.79 Å². The minimum atomic E-state index is -0.101. The van der Waals surface area contributed by atoms with Gasteiger partial charge >= 0.3 is 0 Å². The van der Waals surface area contributed by atoms with Gasteiger partial charge in [0.25, 0.3) is 0 Å². The second-order valence-electron chi connectivity index (χ2n) is 4.69. The van der Waals surface area contributed by atoms with Crippen LogP contribution in [0.4, 0.5) is 0 Å². The lowest BCUT2D eigenvalue weighted by Crippen LogP contribution is -2.01. The van der Waals surface area contributed by atoms with Gasteiger partial charge in [0, 0.05) is 11.1 Å². The number of hydrogen-bond donors (Lipinski definition) is 0. The van der Waals surface area contributed by atoms with Gasteiger partial charge in [0.1, 0.15) is 17.2 Å². The van der Waals surface area contributed by atoms with E-state index in [1.807, 2.05) is 24.3 Å². The predicted octanol–water partition coefficient (Wildman–Crippen LogP) is 4.97. The predicted molar refractivity (Wildman–Crippen MR) is 92.3 cm³/mol. The Morgan fingerprint density at radius 1 is 0.913 bits per heavy atom. The number of ketones is 1. The SMILES string of the molecule is C=C/C=C(\C=C)C(=O)c1ccc(Oc2ccc(OC)cc2)cc1. The number of ether oxygens (including phenoxy) is 2. The van der Waals surface area contributed by atoms with Crippen molar-refractivity contribution in [2.45, 2.75) is 0 Å². The molecule has 0 heterocycles. The van der Waals surface area contributed by atoms with Gasteiger partial charge in [-0.1, -0.05) is 31.4 Å². The van der Waals surface area contributed by atoms with Gasteiger partial charge in [0.05, 0.1) is 7.11 Å². The molecule has 0 bridgehead atoms. The lowest BCUT2D eigenvalue weighted by atomic mass is 10.0. The van der Waals surface area contributed by atoms with Gasteiger partial charge in [-0.05, 0) is 48.5 Å². The van der Waals surface area contributed by atoms with E-state index >= 15 is 0 Å². The Hall–Kier alpha value is -3.07. The van der Waals surface area contributed by atoms with Crippen molar-refractivity contribution in [1.82, 2.24) is 0 Å². The highest BCUT2D eigenvalue weighted by Gasteiger charge is 2.09. The number of rotatable bonds is 7. The van der Waals surface area contributed by atoms with Gasteiger partial charge in [-0.25, -0.2) is 0 Å². The molecule has 0 saturated carbocycles. The van der Waals surface area contributed by atoms with Crippen molar-refractivity contribution in [3.8, 4) is 17.2 Å². The molecule has 0 saturated heterocycles. The summed E-state index contributed by atoms with van der Waals surface area (Å²) < 4.78 is 10.8. The fourth-order valence-electron chi connectivity index (χ4n) is 1.98. The van der Waals surface area contributed by atoms with Crippen LogP contribution in [0.15, 0.2) is 85.5 Å². The standard InChI is InChI=1S/C20H18O3/c1-4-6-15(5-2)20(21)16-7-9-18(10-8-16)23-19-13-11-17(22-3)12-14-19/h4-14H,1-2H2,3H3/b15-6+. The summed E-state index contributed by atoms with van der Waals surface area (Å²) >= 11 is 0. The minimum absolute atomic E-state index is 0.101. The molecule has 0 unspecified atom stereocenters. The van der Waals surface area contributed by atoms with E-state index in [2.05, 4.69) is 13.2 Å². The largest absolute Gasteiger partial charge is 0.497 e. The average molecular weight is 306 g/mol. The Bertz CT molecular complexity index is 722. The highest BCUT2D eigenvalue weighted by molar-refractivity contribution is 6.10. The zero-order valence-electron chi connectivity index (χ0n) is 13.0. The van der Waals surface area contributed by atoms with Gasteiger partial charge in [-0.15, -0.1) is 0 Å². The second kappa shape index (κ2) is 7.80. The molecular formula is C20H18O3. The maximum Gasteiger partial charge on any atom is 0.193 e. The Kier molecular flexibility index (Phi) is 5.53. The van der Waals surface area contributed by atoms with Crippen LogP contribution in [0.2, 0.25) is 0 Å². The third-order valence-corrected chi connectivity index (χ3v) is 3.19. The van der Waals surface area contributed by atoms with E-state index in [4.69, 9.17) is 9.47 Å². The van der Waals surface area contributed by atoms with Crippen LogP contribution in [-0.4, -0.2) is 12.9 Å². The van der Waals surface area contributed by atoms with Gasteiger partial charge < -0.3 is 9.47 Å². The van der Waals surface area contributed by atoms with Crippen molar-refractivity contribution in [2.24, 2.45) is 0 Å². The summed E-state index contributed by atoms with van der Waals surface area (Å²) in [4.78, 5) is 12.3. The number of benzene rings is 2. The van der Waals surface area contributed by atoms with Crippen LogP contribution in [-0.2, 0) is 0 Å². The van der Waals surface area contributed by atoms with E-state index in [-0.39, 0.29) is 5.78 Å². The Balaban J connectivity index is 2.12. The summed E-state index contributed by atoms with van der Waals surface area (Å²) in [5.74, 6) is 2.02. The number of hydrogen-bond acceptors (Lipinski definition) is 3. The first kappa shape index (κ1) is 16.3. The van der Waals surface area contributed by atoms with Crippen molar-refractivity contribution in [2.75, 3.05) is 7.11 Å². The average Bonchev–Trinajstić information content (AvgIpc) is 2.60. The van der Waals surface area contributed by atoms with Crippen LogP contribution in [0.3, 0.4) is 0 Å². The van der Waals surface area contributed by atoms with E-state index in [9.17, 15) is 4.79 Å². The van der Waals surface area contributed by atoms with E-state index in [0.717, 1.165) is 5.75 Å². The highest BCUT2D eigenvalue weighted by Crippen LogP contribution is 2.24. The molecule has 0 aromatic heterocycles. The molecule has 3 heteroatoms. The first-order chi connectivity index (χ1) is 11.2. The van der Waals surface area contributed by atoms with E-state index < -0.39 is 0 Å². The van der Waals surface area contributed by atoms with Crippen LogP contribution in [0.5, 0.6) is 17.2 Å². The number of Topliss-reactive ketones (excluding diaryl/α,β-unsaturated/α-hetero) is 1. The van der Waals surface area contributed by atoms with Gasteiger partial charge in [-0.2, -0.15) is 0 Å².